The van der Waals surface area contributed by atoms with Crippen LogP contribution in [0.25, 0.3) is 10.2 Å². The summed E-state index contributed by atoms with van der Waals surface area (Å²) in [5.41, 5.74) is 2.27. The third kappa shape index (κ3) is 4.13. The van der Waals surface area contributed by atoms with Crippen LogP contribution in [0.4, 0.5) is 5.13 Å². The number of nitrogens with zero attached hydrogens (tertiary/aromatic N) is 4. The lowest BCUT2D eigenvalue weighted by molar-refractivity contribution is 0.0912. The highest BCUT2D eigenvalue weighted by Gasteiger charge is 2.28. The van der Waals surface area contributed by atoms with E-state index < -0.39 is 0 Å². The Kier molecular flexibility index (Phi) is 5.82. The number of fused-ring (bicyclic) bond motifs is 1. The molecule has 0 spiro atoms. The molecule has 3 aromatic rings. The Balaban J connectivity index is 1.69. The molecule has 1 atom stereocenters. The van der Waals surface area contributed by atoms with Gasteiger partial charge in [0.05, 0.1) is 29.5 Å². The fourth-order valence-electron chi connectivity index (χ4n) is 3.58. The van der Waals surface area contributed by atoms with Gasteiger partial charge in [-0.2, -0.15) is 5.10 Å². The van der Waals surface area contributed by atoms with Crippen LogP contribution in [0.1, 0.15) is 42.9 Å². The molecule has 1 saturated heterocycles. The van der Waals surface area contributed by atoms with Gasteiger partial charge in [0.15, 0.2) is 10.8 Å². The molecule has 29 heavy (non-hydrogen) atoms. The van der Waals surface area contributed by atoms with Crippen molar-refractivity contribution < 1.29 is 14.3 Å². The minimum absolute atomic E-state index is 0.0271. The van der Waals surface area contributed by atoms with Gasteiger partial charge in [-0.15, -0.1) is 0 Å². The van der Waals surface area contributed by atoms with E-state index in [1.807, 2.05) is 49.7 Å². The van der Waals surface area contributed by atoms with Gasteiger partial charge in [-0.1, -0.05) is 11.3 Å². The number of rotatable bonds is 7. The molecule has 1 fully saturated rings. The van der Waals surface area contributed by atoms with Gasteiger partial charge < -0.3 is 9.47 Å². The number of aromatic nitrogens is 3. The predicted molar refractivity (Wildman–Crippen MR) is 114 cm³/mol. The minimum Gasteiger partial charge on any atom is -0.494 e. The number of amides is 1. The monoisotopic (exact) mass is 414 g/mol. The maximum Gasteiger partial charge on any atom is 0.280 e. The highest BCUT2D eigenvalue weighted by molar-refractivity contribution is 7.22. The molecule has 1 aliphatic heterocycles. The lowest BCUT2D eigenvalue weighted by Gasteiger charge is -2.22. The van der Waals surface area contributed by atoms with E-state index in [0.717, 1.165) is 47.7 Å². The zero-order valence-electron chi connectivity index (χ0n) is 17.1. The van der Waals surface area contributed by atoms with Crippen molar-refractivity contribution in [3.63, 3.8) is 0 Å². The highest BCUT2D eigenvalue weighted by atomic mass is 32.1. The van der Waals surface area contributed by atoms with Crippen molar-refractivity contribution in [3.05, 3.63) is 35.7 Å². The quantitative estimate of drug-likeness (QED) is 0.583. The lowest BCUT2D eigenvalue weighted by Crippen LogP contribution is -2.37. The molecule has 0 N–H and O–H groups in total. The Labute approximate surface area is 174 Å². The smallest absolute Gasteiger partial charge is 0.280 e. The number of thiazole rings is 1. The molecule has 0 bridgehead atoms. The maximum atomic E-state index is 13.4. The first-order valence-electron chi connectivity index (χ1n) is 10.1. The third-order valence-electron chi connectivity index (χ3n) is 5.05. The molecule has 0 saturated carbocycles. The maximum absolute atomic E-state index is 13.4. The van der Waals surface area contributed by atoms with Crippen LogP contribution < -0.4 is 9.64 Å². The van der Waals surface area contributed by atoms with Crippen LogP contribution in [0.15, 0.2) is 24.3 Å². The molecule has 0 radical (unpaired) electrons. The lowest BCUT2D eigenvalue weighted by atomic mass is 10.2. The third-order valence-corrected chi connectivity index (χ3v) is 6.09. The van der Waals surface area contributed by atoms with Gasteiger partial charge in [-0.25, -0.2) is 4.98 Å². The van der Waals surface area contributed by atoms with E-state index >= 15 is 0 Å². The number of hydrogen-bond donors (Lipinski definition) is 0. The fourth-order valence-corrected chi connectivity index (χ4v) is 4.58. The summed E-state index contributed by atoms with van der Waals surface area (Å²) in [5.74, 6) is 0.671. The number of aryl methyl sites for hydroxylation is 2. The van der Waals surface area contributed by atoms with E-state index in [0.29, 0.717) is 24.0 Å². The average molecular weight is 415 g/mol. The van der Waals surface area contributed by atoms with Crippen LogP contribution >= 0.6 is 11.3 Å². The highest BCUT2D eigenvalue weighted by Crippen LogP contribution is 2.33. The van der Waals surface area contributed by atoms with Crippen LogP contribution in [-0.2, 0) is 11.3 Å². The summed E-state index contributed by atoms with van der Waals surface area (Å²) < 4.78 is 14.2. The number of carbonyl (C=O) groups is 1. The first-order valence-corrected chi connectivity index (χ1v) is 10.9. The normalized spacial score (nSPS) is 16.4. The van der Waals surface area contributed by atoms with E-state index in [1.54, 1.807) is 4.90 Å². The van der Waals surface area contributed by atoms with Gasteiger partial charge in [0.1, 0.15) is 5.75 Å². The molecule has 4 rings (SSSR count). The molecule has 1 aliphatic rings. The molecule has 1 amide bonds. The molecule has 2 aromatic heterocycles. The van der Waals surface area contributed by atoms with Crippen molar-refractivity contribution in [3.8, 4) is 5.75 Å². The molecule has 7 nitrogen and oxygen atoms in total. The largest absolute Gasteiger partial charge is 0.494 e. The van der Waals surface area contributed by atoms with Gasteiger partial charge in [-0.05, 0) is 57.9 Å². The average Bonchev–Trinajstić information content (AvgIpc) is 3.45. The summed E-state index contributed by atoms with van der Waals surface area (Å²) in [6, 6.07) is 7.67. The van der Waals surface area contributed by atoms with Crippen molar-refractivity contribution in [2.75, 3.05) is 24.7 Å². The molecular formula is C21H26N4O3S. The van der Waals surface area contributed by atoms with Crippen molar-refractivity contribution in [1.82, 2.24) is 14.8 Å². The van der Waals surface area contributed by atoms with Crippen molar-refractivity contribution in [2.45, 2.75) is 46.3 Å². The van der Waals surface area contributed by atoms with Crippen molar-refractivity contribution >= 4 is 32.6 Å². The van der Waals surface area contributed by atoms with E-state index in [9.17, 15) is 4.79 Å². The molecule has 0 aliphatic carbocycles. The second-order valence-corrected chi connectivity index (χ2v) is 8.11. The molecule has 154 valence electrons. The Morgan fingerprint density at radius 3 is 2.93 bits per heavy atom. The predicted octanol–water partition coefficient (Wildman–Crippen LogP) is 4.05. The van der Waals surface area contributed by atoms with Crippen LogP contribution in [0.3, 0.4) is 0 Å². The summed E-state index contributed by atoms with van der Waals surface area (Å²) in [4.78, 5) is 19.9. The topological polar surface area (TPSA) is 69.5 Å². The first-order chi connectivity index (χ1) is 14.1. The van der Waals surface area contributed by atoms with Crippen LogP contribution in [0.2, 0.25) is 0 Å². The molecule has 1 unspecified atom stereocenters. The Hall–Kier alpha value is -2.45. The minimum atomic E-state index is -0.139. The van der Waals surface area contributed by atoms with E-state index in [2.05, 4.69) is 5.10 Å². The molecule has 8 heteroatoms. The zero-order valence-corrected chi connectivity index (χ0v) is 17.9. The Morgan fingerprint density at radius 2 is 2.24 bits per heavy atom. The van der Waals surface area contributed by atoms with E-state index in [-0.39, 0.29) is 12.0 Å². The standard InChI is InChI=1S/C21H26N4O3S/c1-4-25-14(3)11-18(23-25)20(26)24(13-16-7-6-10-28-16)21-22-17-9-8-15(27-5-2)12-19(17)29-21/h8-9,11-12,16H,4-7,10,13H2,1-3H3. The summed E-state index contributed by atoms with van der Waals surface area (Å²) in [5, 5.41) is 5.15. The first kappa shape index (κ1) is 19.8. The van der Waals surface area contributed by atoms with Crippen LogP contribution in [0, 0.1) is 6.92 Å². The fraction of sp³-hybridized carbons (Fsp3) is 0.476. The number of anilines is 1. The van der Waals surface area contributed by atoms with Crippen molar-refractivity contribution in [1.29, 1.82) is 0 Å². The molecular weight excluding hydrogens is 388 g/mol. The zero-order chi connectivity index (χ0) is 20.4. The number of carbonyl (C=O) groups excluding carboxylic acids is 1. The van der Waals surface area contributed by atoms with Gasteiger partial charge >= 0.3 is 0 Å². The molecule has 1 aromatic carbocycles. The second-order valence-electron chi connectivity index (χ2n) is 7.10. The van der Waals surface area contributed by atoms with Gasteiger partial charge in [0, 0.05) is 18.8 Å². The van der Waals surface area contributed by atoms with Crippen molar-refractivity contribution in [2.24, 2.45) is 0 Å². The number of ether oxygens (including phenoxy) is 2. The summed E-state index contributed by atoms with van der Waals surface area (Å²) in [7, 11) is 0. The SMILES string of the molecule is CCOc1ccc2nc(N(CC3CCCO3)C(=O)c3cc(C)n(CC)n3)sc2c1. The van der Waals surface area contributed by atoms with Gasteiger partial charge in [0.2, 0.25) is 0 Å². The number of hydrogen-bond acceptors (Lipinski definition) is 6. The van der Waals surface area contributed by atoms with E-state index in [1.165, 1.54) is 11.3 Å². The second kappa shape index (κ2) is 8.51. The molecule has 3 heterocycles. The Morgan fingerprint density at radius 1 is 1.38 bits per heavy atom. The summed E-state index contributed by atoms with van der Waals surface area (Å²) >= 11 is 1.49. The summed E-state index contributed by atoms with van der Waals surface area (Å²) in [6.45, 7) is 8.50. The Bertz CT molecular complexity index is 1010. The van der Waals surface area contributed by atoms with Crippen LogP contribution in [-0.4, -0.2) is 46.5 Å². The van der Waals surface area contributed by atoms with Gasteiger partial charge in [-0.3, -0.25) is 14.4 Å². The van der Waals surface area contributed by atoms with Crippen LogP contribution in [0.5, 0.6) is 5.75 Å². The number of benzene rings is 1. The summed E-state index contributed by atoms with van der Waals surface area (Å²) in [6.07, 6.45) is 2.00. The van der Waals surface area contributed by atoms with Gasteiger partial charge in [0.25, 0.3) is 5.91 Å². The van der Waals surface area contributed by atoms with E-state index in [4.69, 9.17) is 14.5 Å².